The maximum Gasteiger partial charge on any atom is 0.240 e. The molecule has 0 saturated carbocycles. The second kappa shape index (κ2) is 9.89. The van der Waals surface area contributed by atoms with Gasteiger partial charge in [-0.25, -0.2) is 18.1 Å². The number of carbonyl (C=O) groups excluding carboxylic acids is 1. The van der Waals surface area contributed by atoms with Crippen molar-refractivity contribution in [1.82, 2.24) is 14.7 Å². The molecule has 0 aliphatic carbocycles. The van der Waals surface area contributed by atoms with Crippen LogP contribution in [0, 0.1) is 11.3 Å². The minimum absolute atomic E-state index is 0.0800. The fourth-order valence-electron chi connectivity index (χ4n) is 2.87. The quantitative estimate of drug-likeness (QED) is 0.366. The molecular weight excluding hydrogens is 420 g/mol. The molecule has 2 aromatic carbocycles. The fraction of sp³-hybridized carbons (Fsp3) is 0.286. The molecule has 0 fully saturated rings. The van der Waals surface area contributed by atoms with E-state index in [1.807, 2.05) is 13.0 Å². The third-order valence-electron chi connectivity index (χ3n) is 4.50. The fourth-order valence-corrected chi connectivity index (χ4v) is 4.76. The number of fused-ring (bicyclic) bond motifs is 1. The number of carbonyl (C=O) groups is 1. The Morgan fingerprint density at radius 1 is 1.27 bits per heavy atom. The van der Waals surface area contributed by atoms with Gasteiger partial charge in [-0.15, -0.1) is 0 Å². The summed E-state index contributed by atoms with van der Waals surface area (Å²) < 4.78 is 27.4. The molecule has 1 atom stereocenters. The van der Waals surface area contributed by atoms with Crippen LogP contribution in [0.3, 0.4) is 0 Å². The zero-order chi connectivity index (χ0) is 21.6. The highest BCUT2D eigenvalue weighted by molar-refractivity contribution is 7.99. The van der Waals surface area contributed by atoms with Gasteiger partial charge < -0.3 is 4.98 Å². The number of nitriles is 1. The molecule has 0 radical (unpaired) electrons. The van der Waals surface area contributed by atoms with Crippen molar-refractivity contribution in [2.45, 2.75) is 35.7 Å². The molecule has 30 heavy (non-hydrogen) atoms. The van der Waals surface area contributed by atoms with Gasteiger partial charge in [-0.2, -0.15) is 5.26 Å². The number of rotatable bonds is 10. The number of imidazole rings is 1. The molecule has 0 aliphatic heterocycles. The largest absolute Gasteiger partial charge is 0.333 e. The van der Waals surface area contributed by atoms with E-state index in [2.05, 4.69) is 20.8 Å². The van der Waals surface area contributed by atoms with Crippen LogP contribution < -0.4 is 4.72 Å². The maximum absolute atomic E-state index is 12.5. The van der Waals surface area contributed by atoms with E-state index in [0.717, 1.165) is 12.8 Å². The van der Waals surface area contributed by atoms with E-state index in [9.17, 15) is 18.5 Å². The SMILES string of the molecule is CCCCNS(=O)(=O)c1ccc2nc(SCC(=O)[C@H](C#N)c3ccccc3)[nH]c2c1. The summed E-state index contributed by atoms with van der Waals surface area (Å²) in [4.78, 5) is 20.1. The summed E-state index contributed by atoms with van der Waals surface area (Å²) in [5, 5.41) is 9.88. The Bertz CT molecular complexity index is 1170. The molecule has 0 bridgehead atoms. The standard InChI is InChI=1S/C21H22N4O3S2/c1-2-3-11-23-30(27,28)16-9-10-18-19(12-16)25-21(24-18)29-14-20(26)17(13-22)15-7-5-4-6-8-15/h4-10,12,17,23H,2-3,11,14H2,1H3,(H,24,25)/t17-/m1/s1. The molecule has 1 aromatic heterocycles. The van der Waals surface area contributed by atoms with Gasteiger partial charge in [0.1, 0.15) is 5.92 Å². The van der Waals surface area contributed by atoms with Crippen molar-refractivity contribution in [3.63, 3.8) is 0 Å². The van der Waals surface area contributed by atoms with Crippen LogP contribution in [0.15, 0.2) is 58.6 Å². The van der Waals surface area contributed by atoms with Gasteiger partial charge in [0, 0.05) is 6.54 Å². The summed E-state index contributed by atoms with van der Waals surface area (Å²) in [6.45, 7) is 2.39. The molecule has 3 aromatic rings. The number of nitrogens with one attached hydrogen (secondary N) is 2. The zero-order valence-electron chi connectivity index (χ0n) is 16.5. The first-order chi connectivity index (χ1) is 14.4. The number of aromatic nitrogens is 2. The van der Waals surface area contributed by atoms with E-state index >= 15 is 0 Å². The summed E-state index contributed by atoms with van der Waals surface area (Å²) in [6.07, 6.45) is 1.67. The zero-order valence-corrected chi connectivity index (χ0v) is 18.1. The Morgan fingerprint density at radius 3 is 2.73 bits per heavy atom. The molecular formula is C21H22N4O3S2. The molecule has 0 unspecified atom stereocenters. The van der Waals surface area contributed by atoms with Gasteiger partial charge in [0.2, 0.25) is 10.0 Å². The number of sulfonamides is 1. The molecule has 9 heteroatoms. The Kier molecular flexibility index (Phi) is 7.26. The van der Waals surface area contributed by atoms with Gasteiger partial charge in [-0.3, -0.25) is 4.79 Å². The van der Waals surface area contributed by atoms with Crippen LogP contribution >= 0.6 is 11.8 Å². The summed E-state index contributed by atoms with van der Waals surface area (Å²) in [7, 11) is -3.58. The lowest BCUT2D eigenvalue weighted by Crippen LogP contribution is -2.24. The minimum Gasteiger partial charge on any atom is -0.333 e. The second-order valence-corrected chi connectivity index (χ2v) is 9.43. The highest BCUT2D eigenvalue weighted by Gasteiger charge is 2.21. The lowest BCUT2D eigenvalue weighted by Gasteiger charge is -2.07. The van der Waals surface area contributed by atoms with E-state index in [-0.39, 0.29) is 16.4 Å². The van der Waals surface area contributed by atoms with E-state index in [1.165, 1.54) is 23.9 Å². The molecule has 2 N–H and O–H groups in total. The van der Waals surface area contributed by atoms with Crippen LogP contribution in [0.25, 0.3) is 11.0 Å². The second-order valence-electron chi connectivity index (χ2n) is 6.70. The highest BCUT2D eigenvalue weighted by Crippen LogP contribution is 2.24. The van der Waals surface area contributed by atoms with Gasteiger partial charge >= 0.3 is 0 Å². The molecule has 0 saturated heterocycles. The Hall–Kier alpha value is -2.67. The van der Waals surface area contributed by atoms with Crippen molar-refractivity contribution >= 4 is 38.6 Å². The average Bonchev–Trinajstić information content (AvgIpc) is 3.16. The van der Waals surface area contributed by atoms with Gasteiger partial charge in [-0.05, 0) is 30.2 Å². The van der Waals surface area contributed by atoms with Crippen LogP contribution in [-0.2, 0) is 14.8 Å². The van der Waals surface area contributed by atoms with Crippen LogP contribution in [0.5, 0.6) is 0 Å². The van der Waals surface area contributed by atoms with Gasteiger partial charge in [0.25, 0.3) is 0 Å². The smallest absolute Gasteiger partial charge is 0.240 e. The Labute approximate surface area is 180 Å². The van der Waals surface area contributed by atoms with Crippen molar-refractivity contribution < 1.29 is 13.2 Å². The molecule has 0 aliphatic rings. The van der Waals surface area contributed by atoms with Crippen LogP contribution in [0.2, 0.25) is 0 Å². The van der Waals surface area contributed by atoms with E-state index in [1.54, 1.807) is 30.3 Å². The number of thioether (sulfide) groups is 1. The first kappa shape index (κ1) is 22.0. The minimum atomic E-state index is -3.58. The van der Waals surface area contributed by atoms with Crippen molar-refractivity contribution in [1.29, 1.82) is 5.26 Å². The first-order valence-electron chi connectivity index (χ1n) is 9.54. The van der Waals surface area contributed by atoms with Crippen molar-refractivity contribution in [2.75, 3.05) is 12.3 Å². The number of benzene rings is 2. The third kappa shape index (κ3) is 5.27. The lowest BCUT2D eigenvalue weighted by molar-refractivity contribution is -0.116. The van der Waals surface area contributed by atoms with Crippen molar-refractivity contribution in [2.24, 2.45) is 0 Å². The Morgan fingerprint density at radius 2 is 2.03 bits per heavy atom. The predicted octanol–water partition coefficient (Wildman–Crippen LogP) is 3.61. The van der Waals surface area contributed by atoms with Crippen LogP contribution in [0.4, 0.5) is 0 Å². The topological polar surface area (TPSA) is 116 Å². The summed E-state index contributed by atoms with van der Waals surface area (Å²) in [5.41, 5.74) is 1.85. The van der Waals surface area contributed by atoms with Crippen molar-refractivity contribution in [3.8, 4) is 6.07 Å². The highest BCUT2D eigenvalue weighted by atomic mass is 32.2. The third-order valence-corrected chi connectivity index (χ3v) is 6.85. The summed E-state index contributed by atoms with van der Waals surface area (Å²) >= 11 is 1.19. The monoisotopic (exact) mass is 442 g/mol. The summed E-state index contributed by atoms with van der Waals surface area (Å²) in [6, 6.07) is 15.7. The predicted molar refractivity (Wildman–Crippen MR) is 117 cm³/mol. The number of nitrogens with zero attached hydrogens (tertiary/aromatic N) is 2. The maximum atomic E-state index is 12.5. The number of ketones is 1. The molecule has 3 rings (SSSR count). The normalized spacial score (nSPS) is 12.5. The van der Waals surface area contributed by atoms with Crippen molar-refractivity contribution in [3.05, 3.63) is 54.1 Å². The Balaban J connectivity index is 1.70. The number of hydrogen-bond donors (Lipinski definition) is 2. The number of hydrogen-bond acceptors (Lipinski definition) is 6. The molecule has 0 spiro atoms. The molecule has 1 heterocycles. The van der Waals surface area contributed by atoms with Gasteiger partial charge in [-0.1, -0.05) is 55.4 Å². The van der Waals surface area contributed by atoms with Crippen LogP contribution in [-0.4, -0.2) is 36.5 Å². The number of aromatic amines is 1. The molecule has 7 nitrogen and oxygen atoms in total. The van der Waals surface area contributed by atoms with E-state index < -0.39 is 15.9 Å². The number of unbranched alkanes of at least 4 members (excludes halogenated alkanes) is 1. The van der Waals surface area contributed by atoms with E-state index in [4.69, 9.17) is 0 Å². The average molecular weight is 443 g/mol. The van der Waals surface area contributed by atoms with Gasteiger partial charge in [0.15, 0.2) is 10.9 Å². The molecule has 156 valence electrons. The number of Topliss-reactive ketones (excluding diaryl/α,β-unsaturated/α-hetero) is 1. The first-order valence-corrected chi connectivity index (χ1v) is 12.0. The lowest BCUT2D eigenvalue weighted by atomic mass is 9.97. The summed E-state index contributed by atoms with van der Waals surface area (Å²) in [5.74, 6) is -0.956. The van der Waals surface area contributed by atoms with E-state index in [0.29, 0.717) is 28.3 Å². The van der Waals surface area contributed by atoms with Crippen LogP contribution in [0.1, 0.15) is 31.2 Å². The number of H-pyrrole nitrogens is 1. The van der Waals surface area contributed by atoms with Gasteiger partial charge in [0.05, 0.1) is 27.8 Å². The molecule has 0 amide bonds.